The van der Waals surface area contributed by atoms with Crippen LogP contribution >= 0.6 is 0 Å². The molecular formula is C27H26FN3O5. The number of aryl methyl sites for hydroxylation is 1. The van der Waals surface area contributed by atoms with Gasteiger partial charge < -0.3 is 9.84 Å². The van der Waals surface area contributed by atoms with Crippen LogP contribution in [0.2, 0.25) is 0 Å². The molecule has 0 spiro atoms. The van der Waals surface area contributed by atoms with Gasteiger partial charge in [-0.3, -0.25) is 14.7 Å². The van der Waals surface area contributed by atoms with E-state index in [-0.39, 0.29) is 22.8 Å². The molecular weight excluding hydrogens is 465 g/mol. The second kappa shape index (κ2) is 9.50. The van der Waals surface area contributed by atoms with Gasteiger partial charge in [-0.25, -0.2) is 14.2 Å². The van der Waals surface area contributed by atoms with Crippen LogP contribution in [0, 0.1) is 22.9 Å². The van der Waals surface area contributed by atoms with Crippen molar-refractivity contribution >= 4 is 22.7 Å². The average molecular weight is 492 g/mol. The highest BCUT2D eigenvalue weighted by Gasteiger charge is 2.33. The second-order valence-corrected chi connectivity index (χ2v) is 9.36. The van der Waals surface area contributed by atoms with Crippen molar-refractivity contribution in [3.05, 3.63) is 98.6 Å². The summed E-state index contributed by atoms with van der Waals surface area (Å²) in [5.74, 6) is -1.40. The molecule has 0 bridgehead atoms. The first kappa shape index (κ1) is 25.0. The van der Waals surface area contributed by atoms with Crippen molar-refractivity contribution in [1.29, 1.82) is 0 Å². The van der Waals surface area contributed by atoms with Crippen LogP contribution in [0.4, 0.5) is 10.1 Å². The van der Waals surface area contributed by atoms with Crippen LogP contribution in [-0.4, -0.2) is 39.3 Å². The molecule has 0 fully saturated rings. The third-order valence-electron chi connectivity index (χ3n) is 6.22. The molecule has 186 valence electrons. The van der Waals surface area contributed by atoms with Crippen molar-refractivity contribution in [2.45, 2.75) is 32.6 Å². The number of halogens is 1. The summed E-state index contributed by atoms with van der Waals surface area (Å²) in [4.78, 5) is 27.3. The lowest BCUT2D eigenvalue weighted by Crippen LogP contribution is -2.28. The minimum Gasteiger partial charge on any atom is -0.478 e. The molecule has 36 heavy (non-hydrogen) atoms. The first-order valence-corrected chi connectivity index (χ1v) is 11.3. The van der Waals surface area contributed by atoms with Crippen LogP contribution in [0.5, 0.6) is 0 Å². The number of aromatic nitrogens is 2. The summed E-state index contributed by atoms with van der Waals surface area (Å²) in [6.07, 6.45) is 0.370. The molecule has 0 radical (unpaired) electrons. The van der Waals surface area contributed by atoms with Gasteiger partial charge in [0.2, 0.25) is 0 Å². The average Bonchev–Trinajstić information content (AvgIpc) is 3.13. The Morgan fingerprint density at radius 3 is 2.36 bits per heavy atom. The SMILES string of the molecule is COCC(C)(C)c1c(Cc2ccc(C(=O)O)cc2)c2cc([N+](=O)[O-])c(C)nc2n1-c1ccc(F)cc1. The molecule has 4 aromatic rings. The first-order valence-electron chi connectivity index (χ1n) is 11.3. The molecule has 0 saturated heterocycles. The number of nitro groups is 1. The fourth-order valence-corrected chi connectivity index (χ4v) is 4.66. The number of carbonyl (C=O) groups is 1. The number of pyridine rings is 1. The fraction of sp³-hybridized carbons (Fsp3) is 0.259. The summed E-state index contributed by atoms with van der Waals surface area (Å²) in [6, 6.07) is 14.1. The van der Waals surface area contributed by atoms with E-state index in [0.717, 1.165) is 16.8 Å². The standard InChI is InChI=1S/C27H26FN3O5/c1-16-23(31(34)35)14-22-21(13-17-5-7-18(8-6-17)26(32)33)24(27(2,3)15-36-4)30(25(22)29-16)20-11-9-19(28)10-12-20/h5-12,14H,13,15H2,1-4H3,(H,32,33). The topological polar surface area (TPSA) is 107 Å². The summed E-state index contributed by atoms with van der Waals surface area (Å²) in [7, 11) is 1.60. The van der Waals surface area contributed by atoms with Gasteiger partial charge in [-0.15, -0.1) is 0 Å². The highest BCUT2D eigenvalue weighted by Crippen LogP contribution is 2.39. The zero-order valence-electron chi connectivity index (χ0n) is 20.4. The Labute approximate surface area is 207 Å². The molecule has 8 nitrogen and oxygen atoms in total. The third kappa shape index (κ3) is 4.57. The number of carboxylic acids is 1. The van der Waals surface area contributed by atoms with Gasteiger partial charge in [0, 0.05) is 35.4 Å². The Morgan fingerprint density at radius 2 is 1.81 bits per heavy atom. The van der Waals surface area contributed by atoms with Gasteiger partial charge in [0.05, 0.1) is 17.1 Å². The molecule has 2 heterocycles. The van der Waals surface area contributed by atoms with Gasteiger partial charge in [-0.05, 0) is 60.9 Å². The third-order valence-corrected chi connectivity index (χ3v) is 6.22. The summed E-state index contributed by atoms with van der Waals surface area (Å²) in [5, 5.41) is 21.6. The number of nitrogens with zero attached hydrogens (tertiary/aromatic N) is 3. The molecule has 0 atom stereocenters. The van der Waals surface area contributed by atoms with Crippen LogP contribution in [-0.2, 0) is 16.6 Å². The number of carboxylic acid groups (broad SMARTS) is 1. The van der Waals surface area contributed by atoms with E-state index in [1.807, 2.05) is 18.4 Å². The Balaban J connectivity index is 2.08. The minimum atomic E-state index is -1.02. The number of fused-ring (bicyclic) bond motifs is 1. The van der Waals surface area contributed by atoms with Crippen molar-refractivity contribution in [3.63, 3.8) is 0 Å². The van der Waals surface area contributed by atoms with E-state index in [1.165, 1.54) is 30.3 Å². The second-order valence-electron chi connectivity index (χ2n) is 9.36. The Kier molecular flexibility index (Phi) is 6.60. The lowest BCUT2D eigenvalue weighted by molar-refractivity contribution is -0.385. The summed E-state index contributed by atoms with van der Waals surface area (Å²) < 4.78 is 21.2. The van der Waals surface area contributed by atoms with Crippen molar-refractivity contribution in [3.8, 4) is 5.69 Å². The van der Waals surface area contributed by atoms with Crippen LogP contribution < -0.4 is 0 Å². The van der Waals surface area contributed by atoms with Gasteiger partial charge in [-0.1, -0.05) is 26.0 Å². The molecule has 4 rings (SSSR count). The fourth-order valence-electron chi connectivity index (χ4n) is 4.66. The zero-order chi connectivity index (χ0) is 26.2. The van der Waals surface area contributed by atoms with Crippen LogP contribution in [0.1, 0.15) is 46.7 Å². The van der Waals surface area contributed by atoms with Crippen molar-refractivity contribution < 1.29 is 24.0 Å². The van der Waals surface area contributed by atoms with Gasteiger partial charge >= 0.3 is 5.97 Å². The summed E-state index contributed by atoms with van der Waals surface area (Å²) >= 11 is 0. The summed E-state index contributed by atoms with van der Waals surface area (Å²) in [5.41, 5.74) is 3.39. The number of rotatable bonds is 8. The molecule has 2 aromatic carbocycles. The number of hydrogen-bond donors (Lipinski definition) is 1. The maximum atomic E-state index is 13.8. The Bertz CT molecular complexity index is 1460. The van der Waals surface area contributed by atoms with E-state index >= 15 is 0 Å². The van der Waals surface area contributed by atoms with E-state index < -0.39 is 16.3 Å². The molecule has 2 aromatic heterocycles. The molecule has 0 aliphatic rings. The molecule has 0 aliphatic carbocycles. The van der Waals surface area contributed by atoms with Crippen LogP contribution in [0.15, 0.2) is 54.6 Å². The minimum absolute atomic E-state index is 0.0997. The number of ether oxygens (including phenoxy) is 1. The zero-order valence-corrected chi connectivity index (χ0v) is 20.4. The van der Waals surface area contributed by atoms with Gasteiger partial charge in [0.25, 0.3) is 5.69 Å². The maximum absolute atomic E-state index is 13.8. The predicted octanol–water partition coefficient (Wildman–Crippen LogP) is 5.59. The monoisotopic (exact) mass is 491 g/mol. The highest BCUT2D eigenvalue weighted by molar-refractivity contribution is 5.88. The van der Waals surface area contributed by atoms with Crippen molar-refractivity contribution in [1.82, 2.24) is 9.55 Å². The molecule has 0 aliphatic heterocycles. The van der Waals surface area contributed by atoms with Crippen molar-refractivity contribution in [2.75, 3.05) is 13.7 Å². The van der Waals surface area contributed by atoms with E-state index in [9.17, 15) is 24.4 Å². The molecule has 0 saturated carbocycles. The molecule has 0 unspecified atom stereocenters. The first-order chi connectivity index (χ1) is 17.0. The molecule has 1 N–H and O–H groups in total. The van der Waals surface area contributed by atoms with E-state index in [2.05, 4.69) is 4.98 Å². The largest absolute Gasteiger partial charge is 0.478 e. The molecule has 0 amide bonds. The molecule has 9 heteroatoms. The van der Waals surface area contributed by atoms with E-state index in [4.69, 9.17) is 4.74 Å². The normalized spacial score (nSPS) is 11.7. The number of aromatic carboxylic acids is 1. The quantitative estimate of drug-likeness (QED) is 0.254. The van der Waals surface area contributed by atoms with Crippen LogP contribution in [0.3, 0.4) is 0 Å². The number of benzene rings is 2. The summed E-state index contributed by atoms with van der Waals surface area (Å²) in [6.45, 7) is 5.94. The van der Waals surface area contributed by atoms with E-state index in [0.29, 0.717) is 29.7 Å². The Morgan fingerprint density at radius 1 is 1.17 bits per heavy atom. The van der Waals surface area contributed by atoms with Gasteiger partial charge in [-0.2, -0.15) is 0 Å². The maximum Gasteiger partial charge on any atom is 0.335 e. The smallest absolute Gasteiger partial charge is 0.335 e. The highest BCUT2D eigenvalue weighted by atomic mass is 19.1. The number of methoxy groups -OCH3 is 1. The lowest BCUT2D eigenvalue weighted by Gasteiger charge is -2.28. The van der Waals surface area contributed by atoms with Crippen LogP contribution in [0.25, 0.3) is 16.7 Å². The van der Waals surface area contributed by atoms with E-state index in [1.54, 1.807) is 38.3 Å². The van der Waals surface area contributed by atoms with Gasteiger partial charge in [0.1, 0.15) is 17.2 Å². The van der Waals surface area contributed by atoms with Crippen molar-refractivity contribution in [2.24, 2.45) is 0 Å². The number of hydrogen-bond acceptors (Lipinski definition) is 5. The lowest BCUT2D eigenvalue weighted by atomic mass is 9.85. The van der Waals surface area contributed by atoms with Gasteiger partial charge in [0.15, 0.2) is 0 Å². The predicted molar refractivity (Wildman–Crippen MR) is 134 cm³/mol. The Hall–Kier alpha value is -4.11.